The number of hydrogen-bond donors (Lipinski definition) is 0. The molecule has 1 aromatic rings. The number of hydrogen-bond acceptors (Lipinski definition) is 1. The minimum atomic E-state index is 0.368. The van der Waals surface area contributed by atoms with Gasteiger partial charge in [-0.25, -0.2) is 0 Å². The van der Waals surface area contributed by atoms with E-state index in [4.69, 9.17) is 16.3 Å². The number of halogens is 1. The summed E-state index contributed by atoms with van der Waals surface area (Å²) >= 11 is 5.53. The number of rotatable bonds is 3. The molecule has 0 N–H and O–H groups in total. The molecule has 0 aromatic heterocycles. The van der Waals surface area contributed by atoms with Gasteiger partial charge in [-0.05, 0) is 37.0 Å². The largest absolute Gasteiger partial charge is 0.493 e. The first-order chi connectivity index (χ1) is 8.38. The number of ether oxygens (including phenoxy) is 1. The van der Waals surface area contributed by atoms with Crippen LogP contribution < -0.4 is 4.74 Å². The SMILES string of the molecule is ClCC#Cc1cccc(OCC2CCCC2)c1. The summed E-state index contributed by atoms with van der Waals surface area (Å²) < 4.78 is 5.81. The molecule has 1 nitrogen and oxygen atoms in total. The molecule has 1 aromatic carbocycles. The number of benzene rings is 1. The fourth-order valence-electron chi connectivity index (χ4n) is 2.19. The van der Waals surface area contributed by atoms with Crippen LogP contribution in [0.25, 0.3) is 0 Å². The van der Waals surface area contributed by atoms with Gasteiger partial charge in [0.05, 0.1) is 12.5 Å². The fraction of sp³-hybridized carbons (Fsp3) is 0.467. The van der Waals surface area contributed by atoms with Crippen molar-refractivity contribution in [2.24, 2.45) is 5.92 Å². The van der Waals surface area contributed by atoms with Crippen LogP contribution >= 0.6 is 11.6 Å². The van der Waals surface area contributed by atoms with Crippen LogP contribution in [0, 0.1) is 17.8 Å². The molecule has 0 atom stereocenters. The Balaban J connectivity index is 1.91. The van der Waals surface area contributed by atoms with Crippen LogP contribution in [0.15, 0.2) is 24.3 Å². The average Bonchev–Trinajstić information content (AvgIpc) is 2.87. The normalized spacial score (nSPS) is 15.4. The van der Waals surface area contributed by atoms with Crippen LogP contribution in [0.5, 0.6) is 5.75 Å². The molecular weight excluding hydrogens is 232 g/mol. The van der Waals surface area contributed by atoms with Crippen molar-refractivity contribution in [3.63, 3.8) is 0 Å². The van der Waals surface area contributed by atoms with Crippen molar-refractivity contribution in [1.82, 2.24) is 0 Å². The molecule has 90 valence electrons. The van der Waals surface area contributed by atoms with Gasteiger partial charge in [0.15, 0.2) is 0 Å². The highest BCUT2D eigenvalue weighted by atomic mass is 35.5. The predicted octanol–water partition coefficient (Wildman–Crippen LogP) is 3.85. The van der Waals surface area contributed by atoms with E-state index in [1.165, 1.54) is 25.7 Å². The zero-order valence-corrected chi connectivity index (χ0v) is 10.7. The molecule has 2 rings (SSSR count). The molecule has 1 saturated carbocycles. The molecule has 0 spiro atoms. The van der Waals surface area contributed by atoms with E-state index in [0.29, 0.717) is 5.88 Å². The van der Waals surface area contributed by atoms with E-state index in [1.807, 2.05) is 24.3 Å². The van der Waals surface area contributed by atoms with Gasteiger partial charge in [0.1, 0.15) is 5.75 Å². The quantitative estimate of drug-likeness (QED) is 0.583. The lowest BCUT2D eigenvalue weighted by Crippen LogP contribution is -2.07. The zero-order chi connectivity index (χ0) is 11.9. The summed E-state index contributed by atoms with van der Waals surface area (Å²) in [6, 6.07) is 7.92. The van der Waals surface area contributed by atoms with Crippen molar-refractivity contribution < 1.29 is 4.74 Å². The van der Waals surface area contributed by atoms with Crippen molar-refractivity contribution in [1.29, 1.82) is 0 Å². The van der Waals surface area contributed by atoms with E-state index < -0.39 is 0 Å². The van der Waals surface area contributed by atoms with Gasteiger partial charge in [-0.1, -0.05) is 30.7 Å². The second kappa shape index (κ2) is 6.57. The third kappa shape index (κ3) is 3.98. The van der Waals surface area contributed by atoms with Crippen molar-refractivity contribution >= 4 is 11.6 Å². The first-order valence-corrected chi connectivity index (χ1v) is 6.69. The molecule has 0 bridgehead atoms. The third-order valence-electron chi connectivity index (χ3n) is 3.09. The fourth-order valence-corrected chi connectivity index (χ4v) is 2.26. The Hall–Kier alpha value is -1.13. The van der Waals surface area contributed by atoms with E-state index in [9.17, 15) is 0 Å². The Labute approximate surface area is 108 Å². The molecule has 1 fully saturated rings. The van der Waals surface area contributed by atoms with Gasteiger partial charge < -0.3 is 4.74 Å². The summed E-state index contributed by atoms with van der Waals surface area (Å²) in [4.78, 5) is 0. The molecule has 0 amide bonds. The smallest absolute Gasteiger partial charge is 0.120 e. The van der Waals surface area contributed by atoms with Gasteiger partial charge in [0.2, 0.25) is 0 Å². The van der Waals surface area contributed by atoms with Crippen LogP contribution in [0.2, 0.25) is 0 Å². The maximum atomic E-state index is 5.81. The highest BCUT2D eigenvalue weighted by Crippen LogP contribution is 2.25. The topological polar surface area (TPSA) is 9.23 Å². The highest BCUT2D eigenvalue weighted by Gasteiger charge is 2.15. The molecule has 2 heteroatoms. The Morgan fingerprint density at radius 2 is 2.12 bits per heavy atom. The van der Waals surface area contributed by atoms with Crippen LogP contribution in [0.1, 0.15) is 31.2 Å². The Morgan fingerprint density at radius 3 is 2.88 bits per heavy atom. The van der Waals surface area contributed by atoms with Gasteiger partial charge in [-0.3, -0.25) is 0 Å². The lowest BCUT2D eigenvalue weighted by atomic mass is 10.1. The molecule has 0 unspecified atom stereocenters. The molecule has 0 saturated heterocycles. The molecule has 0 radical (unpaired) electrons. The third-order valence-corrected chi connectivity index (χ3v) is 3.23. The zero-order valence-electron chi connectivity index (χ0n) is 9.92. The average molecular weight is 249 g/mol. The molecule has 17 heavy (non-hydrogen) atoms. The maximum Gasteiger partial charge on any atom is 0.120 e. The van der Waals surface area contributed by atoms with E-state index in [0.717, 1.165) is 23.8 Å². The lowest BCUT2D eigenvalue weighted by Gasteiger charge is -2.11. The van der Waals surface area contributed by atoms with Gasteiger partial charge in [0.25, 0.3) is 0 Å². The van der Waals surface area contributed by atoms with Gasteiger partial charge in [-0.2, -0.15) is 0 Å². The molecule has 1 aliphatic rings. The van der Waals surface area contributed by atoms with Crippen LogP contribution in [-0.4, -0.2) is 12.5 Å². The highest BCUT2D eigenvalue weighted by molar-refractivity contribution is 6.19. The maximum absolute atomic E-state index is 5.81. The molecule has 1 aliphatic carbocycles. The van der Waals surface area contributed by atoms with Gasteiger partial charge >= 0.3 is 0 Å². The standard InChI is InChI=1S/C15H17ClO/c16-10-4-8-13-7-3-9-15(11-13)17-12-14-5-1-2-6-14/h3,7,9,11,14H,1-2,5-6,10,12H2. The van der Waals surface area contributed by atoms with E-state index in [-0.39, 0.29) is 0 Å². The molecule has 0 heterocycles. The van der Waals surface area contributed by atoms with Crippen LogP contribution in [-0.2, 0) is 0 Å². The second-order valence-electron chi connectivity index (χ2n) is 4.42. The second-order valence-corrected chi connectivity index (χ2v) is 4.69. The number of alkyl halides is 1. The summed E-state index contributed by atoms with van der Waals surface area (Å²) in [5.74, 6) is 7.88. The first-order valence-electron chi connectivity index (χ1n) is 6.16. The summed E-state index contributed by atoms with van der Waals surface area (Å²) in [5.41, 5.74) is 0.967. The lowest BCUT2D eigenvalue weighted by molar-refractivity contribution is 0.252. The van der Waals surface area contributed by atoms with Crippen LogP contribution in [0.3, 0.4) is 0 Å². The summed E-state index contributed by atoms with van der Waals surface area (Å²) in [6.45, 7) is 0.840. The minimum absolute atomic E-state index is 0.368. The molecule has 0 aliphatic heterocycles. The van der Waals surface area contributed by atoms with E-state index in [1.54, 1.807) is 0 Å². The van der Waals surface area contributed by atoms with Crippen molar-refractivity contribution in [2.75, 3.05) is 12.5 Å². The van der Waals surface area contributed by atoms with E-state index in [2.05, 4.69) is 11.8 Å². The predicted molar refractivity (Wildman–Crippen MR) is 71.5 cm³/mol. The molecular formula is C15H17ClO. The Kier molecular flexibility index (Phi) is 4.76. The Bertz CT molecular complexity index is 410. The van der Waals surface area contributed by atoms with Crippen LogP contribution in [0.4, 0.5) is 0 Å². The van der Waals surface area contributed by atoms with E-state index >= 15 is 0 Å². The first kappa shape index (κ1) is 12.3. The van der Waals surface area contributed by atoms with Crippen molar-refractivity contribution in [3.8, 4) is 17.6 Å². The summed E-state index contributed by atoms with van der Waals surface area (Å²) in [5, 5.41) is 0. The Morgan fingerprint density at radius 1 is 1.29 bits per heavy atom. The van der Waals surface area contributed by atoms with Gasteiger partial charge in [-0.15, -0.1) is 11.6 Å². The monoisotopic (exact) mass is 248 g/mol. The van der Waals surface area contributed by atoms with Crippen molar-refractivity contribution in [2.45, 2.75) is 25.7 Å². The van der Waals surface area contributed by atoms with Crippen molar-refractivity contribution in [3.05, 3.63) is 29.8 Å². The summed E-state index contributed by atoms with van der Waals surface area (Å²) in [6.07, 6.45) is 5.34. The van der Waals surface area contributed by atoms with Gasteiger partial charge in [0, 0.05) is 5.56 Å². The summed E-state index contributed by atoms with van der Waals surface area (Å²) in [7, 11) is 0. The minimum Gasteiger partial charge on any atom is -0.493 e.